The van der Waals surface area contributed by atoms with Crippen molar-refractivity contribution in [2.75, 3.05) is 13.7 Å². The van der Waals surface area contributed by atoms with Crippen LogP contribution in [0.2, 0.25) is 0 Å². The summed E-state index contributed by atoms with van der Waals surface area (Å²) in [7, 11) is 1.35. The van der Waals surface area contributed by atoms with Crippen molar-refractivity contribution in [1.29, 1.82) is 0 Å². The second-order valence-electron chi connectivity index (χ2n) is 5.04. The molecule has 3 rings (SSSR count). The maximum atomic E-state index is 11.7. The van der Waals surface area contributed by atoms with Crippen LogP contribution < -0.4 is 5.56 Å². The van der Waals surface area contributed by atoms with Gasteiger partial charge in [0.2, 0.25) is 5.79 Å². The third-order valence-corrected chi connectivity index (χ3v) is 3.92. The Balaban J connectivity index is 2.08. The molecule has 21 heavy (non-hydrogen) atoms. The first-order valence-corrected chi connectivity index (χ1v) is 6.46. The van der Waals surface area contributed by atoms with E-state index in [1.165, 1.54) is 19.8 Å². The van der Waals surface area contributed by atoms with Gasteiger partial charge in [-0.25, -0.2) is 9.97 Å². The fourth-order valence-corrected chi connectivity index (χ4v) is 2.66. The SMILES string of the molecule is CO[C@]1(CO)O[C@@H](n2cnc3c(=O)[nH]cnc32)[C@@H](C)[C@@H]1O. The van der Waals surface area contributed by atoms with Gasteiger partial charge in [0.25, 0.3) is 5.56 Å². The van der Waals surface area contributed by atoms with E-state index in [-0.39, 0.29) is 11.1 Å². The largest absolute Gasteiger partial charge is 0.391 e. The number of nitrogens with zero attached hydrogens (tertiary/aromatic N) is 3. The second-order valence-corrected chi connectivity index (χ2v) is 5.04. The molecule has 0 spiro atoms. The summed E-state index contributed by atoms with van der Waals surface area (Å²) in [5.41, 5.74) is 0.166. The summed E-state index contributed by atoms with van der Waals surface area (Å²) in [5.74, 6) is -1.89. The van der Waals surface area contributed by atoms with E-state index in [0.717, 1.165) is 0 Å². The van der Waals surface area contributed by atoms with Gasteiger partial charge in [-0.3, -0.25) is 9.36 Å². The van der Waals surface area contributed by atoms with E-state index in [1.807, 2.05) is 0 Å². The number of aromatic amines is 1. The lowest BCUT2D eigenvalue weighted by molar-refractivity contribution is -0.269. The molecule has 1 aliphatic heterocycles. The highest BCUT2D eigenvalue weighted by atomic mass is 16.7. The van der Waals surface area contributed by atoms with E-state index in [2.05, 4.69) is 15.0 Å². The molecule has 1 aliphatic rings. The number of imidazole rings is 1. The molecule has 114 valence electrons. The van der Waals surface area contributed by atoms with Crippen molar-refractivity contribution in [2.45, 2.75) is 25.0 Å². The summed E-state index contributed by atoms with van der Waals surface area (Å²) in [6.45, 7) is 1.26. The minimum absolute atomic E-state index is 0.182. The van der Waals surface area contributed by atoms with Crippen LogP contribution in [0, 0.1) is 5.92 Å². The molecule has 3 heterocycles. The van der Waals surface area contributed by atoms with Crippen LogP contribution in [0.25, 0.3) is 11.2 Å². The number of aliphatic hydroxyl groups excluding tert-OH is 2. The Kier molecular flexibility index (Phi) is 3.29. The number of H-pyrrole nitrogens is 1. The zero-order valence-electron chi connectivity index (χ0n) is 11.6. The first-order chi connectivity index (χ1) is 10.0. The normalized spacial score (nSPS) is 32.9. The predicted octanol–water partition coefficient (Wildman–Crippen LogP) is -1.02. The lowest BCUT2D eigenvalue weighted by Gasteiger charge is -2.28. The zero-order valence-corrected chi connectivity index (χ0v) is 11.6. The Morgan fingerprint density at radius 3 is 2.95 bits per heavy atom. The van der Waals surface area contributed by atoms with Crippen molar-refractivity contribution < 1.29 is 19.7 Å². The van der Waals surface area contributed by atoms with Gasteiger partial charge in [0.15, 0.2) is 11.2 Å². The van der Waals surface area contributed by atoms with Crippen molar-refractivity contribution in [3.05, 3.63) is 23.0 Å². The average molecular weight is 296 g/mol. The highest BCUT2D eigenvalue weighted by Gasteiger charge is 2.54. The van der Waals surface area contributed by atoms with Gasteiger partial charge in [-0.1, -0.05) is 6.92 Å². The molecule has 9 heteroatoms. The fraction of sp³-hybridized carbons (Fsp3) is 0.583. The fourth-order valence-electron chi connectivity index (χ4n) is 2.66. The van der Waals surface area contributed by atoms with E-state index in [1.54, 1.807) is 11.5 Å². The van der Waals surface area contributed by atoms with Gasteiger partial charge in [0, 0.05) is 13.0 Å². The molecule has 4 atom stereocenters. The third-order valence-electron chi connectivity index (χ3n) is 3.92. The highest BCUT2D eigenvalue weighted by Crippen LogP contribution is 2.42. The third kappa shape index (κ3) is 1.89. The minimum atomic E-state index is -1.50. The number of hydrogen-bond donors (Lipinski definition) is 3. The highest BCUT2D eigenvalue weighted by molar-refractivity contribution is 5.68. The van der Waals surface area contributed by atoms with E-state index < -0.39 is 30.6 Å². The number of methoxy groups -OCH3 is 1. The summed E-state index contributed by atoms with van der Waals surface area (Å²) >= 11 is 0. The Bertz CT molecular complexity index is 707. The van der Waals surface area contributed by atoms with E-state index >= 15 is 0 Å². The summed E-state index contributed by atoms with van der Waals surface area (Å²) in [5, 5.41) is 19.7. The first-order valence-electron chi connectivity index (χ1n) is 6.46. The molecule has 0 unspecified atom stereocenters. The molecule has 0 amide bonds. The van der Waals surface area contributed by atoms with Gasteiger partial charge in [-0.15, -0.1) is 0 Å². The van der Waals surface area contributed by atoms with Gasteiger partial charge in [0.05, 0.1) is 19.3 Å². The van der Waals surface area contributed by atoms with E-state index in [9.17, 15) is 15.0 Å². The molecule has 3 N–H and O–H groups in total. The molecule has 0 bridgehead atoms. The maximum absolute atomic E-state index is 11.7. The number of fused-ring (bicyclic) bond motifs is 1. The average Bonchev–Trinajstić information content (AvgIpc) is 3.02. The topological polar surface area (TPSA) is 122 Å². The quantitative estimate of drug-likeness (QED) is 0.662. The maximum Gasteiger partial charge on any atom is 0.278 e. The van der Waals surface area contributed by atoms with Crippen LogP contribution in [0.1, 0.15) is 13.2 Å². The van der Waals surface area contributed by atoms with Crippen LogP contribution in [0.4, 0.5) is 0 Å². The van der Waals surface area contributed by atoms with Crippen LogP contribution in [0.3, 0.4) is 0 Å². The number of aliphatic hydroxyl groups is 2. The molecular formula is C12H16N4O5. The Morgan fingerprint density at radius 2 is 2.33 bits per heavy atom. The number of aromatic nitrogens is 4. The monoisotopic (exact) mass is 296 g/mol. The summed E-state index contributed by atoms with van der Waals surface area (Å²) in [6, 6.07) is 0. The van der Waals surface area contributed by atoms with Gasteiger partial charge in [-0.2, -0.15) is 0 Å². The van der Waals surface area contributed by atoms with Crippen molar-refractivity contribution in [3.8, 4) is 0 Å². The molecule has 0 saturated carbocycles. The van der Waals surface area contributed by atoms with E-state index in [4.69, 9.17) is 9.47 Å². The van der Waals surface area contributed by atoms with Gasteiger partial charge >= 0.3 is 0 Å². The molecule has 9 nitrogen and oxygen atoms in total. The Labute approximate surface area is 119 Å². The summed E-state index contributed by atoms with van der Waals surface area (Å²) in [4.78, 5) is 22.2. The standard InChI is InChI=1S/C12H16N4O5/c1-6-8(18)12(3-17,20-2)21-11(6)16-5-15-7-9(16)13-4-14-10(7)19/h4-6,8,11,17-18H,3H2,1-2H3,(H,13,14,19)/t6-,8-,11+,12+/m0/s1. The van der Waals surface area contributed by atoms with Gasteiger partial charge in [-0.05, 0) is 0 Å². The van der Waals surface area contributed by atoms with Crippen LogP contribution in [0.15, 0.2) is 17.4 Å². The molecule has 1 saturated heterocycles. The van der Waals surface area contributed by atoms with Crippen molar-refractivity contribution in [3.63, 3.8) is 0 Å². The molecule has 2 aromatic heterocycles. The Hall–Kier alpha value is -1.81. The molecule has 0 radical (unpaired) electrons. The van der Waals surface area contributed by atoms with Gasteiger partial charge < -0.3 is 24.7 Å². The molecular weight excluding hydrogens is 280 g/mol. The minimum Gasteiger partial charge on any atom is -0.391 e. The Morgan fingerprint density at radius 1 is 1.57 bits per heavy atom. The lowest BCUT2D eigenvalue weighted by Crippen LogP contribution is -2.46. The molecule has 0 aromatic carbocycles. The van der Waals surface area contributed by atoms with Crippen molar-refractivity contribution in [1.82, 2.24) is 19.5 Å². The lowest BCUT2D eigenvalue weighted by atomic mass is 10.00. The van der Waals surface area contributed by atoms with Crippen molar-refractivity contribution >= 4 is 11.2 Å². The van der Waals surface area contributed by atoms with Crippen LogP contribution in [-0.2, 0) is 9.47 Å². The summed E-state index contributed by atoms with van der Waals surface area (Å²) < 4.78 is 12.4. The smallest absolute Gasteiger partial charge is 0.278 e. The van der Waals surface area contributed by atoms with E-state index in [0.29, 0.717) is 5.65 Å². The predicted molar refractivity (Wildman–Crippen MR) is 70.3 cm³/mol. The van der Waals surface area contributed by atoms with Crippen LogP contribution in [-0.4, -0.2) is 55.3 Å². The number of rotatable bonds is 3. The first kappa shape index (κ1) is 14.1. The molecule has 1 fully saturated rings. The summed E-state index contributed by atoms with van der Waals surface area (Å²) in [6.07, 6.45) is 1.00. The molecule has 0 aliphatic carbocycles. The van der Waals surface area contributed by atoms with Gasteiger partial charge in [0.1, 0.15) is 12.3 Å². The number of ether oxygens (including phenoxy) is 2. The number of hydrogen-bond acceptors (Lipinski definition) is 7. The van der Waals surface area contributed by atoms with Crippen molar-refractivity contribution in [2.24, 2.45) is 5.92 Å². The van der Waals surface area contributed by atoms with Crippen LogP contribution in [0.5, 0.6) is 0 Å². The second kappa shape index (κ2) is 4.88. The molecule has 2 aromatic rings. The zero-order chi connectivity index (χ0) is 15.2. The van der Waals surface area contributed by atoms with Crippen LogP contribution >= 0.6 is 0 Å². The number of nitrogens with one attached hydrogen (secondary N) is 1.